The number of amides is 9. The van der Waals surface area contributed by atoms with Crippen LogP contribution in [0.4, 0.5) is 0 Å². The number of hydrogen-bond acceptors (Lipinski definition) is 17. The van der Waals surface area contributed by atoms with E-state index in [9.17, 15) is 62.3 Å². The van der Waals surface area contributed by atoms with E-state index in [0.717, 1.165) is 51.4 Å². The number of carbonyl (C=O) groups is 13. The van der Waals surface area contributed by atoms with Crippen LogP contribution in [0.1, 0.15) is 239 Å². The summed E-state index contributed by atoms with van der Waals surface area (Å²) in [5.74, 6) is -11.5. The molecule has 0 aromatic carbocycles. The molecule has 91 heavy (non-hydrogen) atoms. The van der Waals surface area contributed by atoms with E-state index in [1.807, 2.05) is 27.7 Å². The largest absolute Gasteiger partial charge is 0.460 e. The maximum absolute atomic E-state index is 14.3. The highest BCUT2D eigenvalue weighted by Crippen LogP contribution is 2.17. The Kier molecular flexibility index (Phi) is 39.9. The van der Waals surface area contributed by atoms with Gasteiger partial charge in [-0.1, -0.05) is 124 Å². The fraction of sp³-hybridized carbons (Fsp3) is 0.794. The van der Waals surface area contributed by atoms with Gasteiger partial charge < -0.3 is 62.1 Å². The lowest BCUT2D eigenvalue weighted by atomic mass is 10.0. The van der Waals surface area contributed by atoms with Gasteiger partial charge in [0.2, 0.25) is 53.2 Å². The molecule has 28 nitrogen and oxygen atoms in total. The van der Waals surface area contributed by atoms with Crippen molar-refractivity contribution < 1.29 is 76.5 Å². The second kappa shape index (κ2) is 43.4. The number of nitrogens with one attached hydrogen (secondary N) is 9. The number of nitrogens with zero attached hydrogens (tertiary/aromatic N) is 3. The van der Waals surface area contributed by atoms with Crippen LogP contribution in [-0.2, 0) is 76.5 Å². The number of ether oxygens (including phenoxy) is 3. The minimum absolute atomic E-state index is 0.127. The molecule has 28 heteroatoms. The molecule has 9 N–H and O–H groups in total. The Morgan fingerprint density at radius 2 is 0.736 bits per heavy atom. The van der Waals surface area contributed by atoms with Crippen LogP contribution in [-0.4, -0.2) is 155 Å². The summed E-state index contributed by atoms with van der Waals surface area (Å²) >= 11 is 0. The zero-order valence-corrected chi connectivity index (χ0v) is 57.1. The molecular weight excluding hydrogens is 1180 g/mol. The number of rotatable bonds is 44. The lowest BCUT2D eigenvalue weighted by Gasteiger charge is -2.28. The molecule has 0 rings (SSSR count). The van der Waals surface area contributed by atoms with E-state index in [2.05, 4.69) is 57.9 Å². The molecule has 0 aliphatic carbocycles. The Morgan fingerprint density at radius 3 is 1.12 bits per heavy atom. The third-order valence-electron chi connectivity index (χ3n) is 13.6. The Morgan fingerprint density at radius 1 is 0.407 bits per heavy atom. The zero-order valence-electron chi connectivity index (χ0n) is 57.1. The molecule has 8 atom stereocenters. The Bertz CT molecular complexity index is 2450. The Labute approximate surface area is 538 Å². The van der Waals surface area contributed by atoms with Crippen molar-refractivity contribution in [2.45, 2.75) is 304 Å². The molecule has 0 bridgehead atoms. The number of unbranched alkanes of at least 4 members (excludes halogenated alkanes) is 8. The van der Waals surface area contributed by atoms with Gasteiger partial charge in [-0.25, -0.2) is 0 Å². The molecule has 0 aliphatic rings. The summed E-state index contributed by atoms with van der Waals surface area (Å²) in [4.78, 5) is 180. The lowest BCUT2D eigenvalue weighted by molar-refractivity contribution is -0.157. The van der Waals surface area contributed by atoms with Crippen LogP contribution in [0.15, 0.2) is 5.11 Å². The van der Waals surface area contributed by atoms with Crippen molar-refractivity contribution in [3.05, 3.63) is 10.4 Å². The van der Waals surface area contributed by atoms with E-state index in [4.69, 9.17) is 19.7 Å². The van der Waals surface area contributed by atoms with Crippen LogP contribution in [0, 0.1) is 5.92 Å². The van der Waals surface area contributed by atoms with Crippen molar-refractivity contribution in [2.24, 2.45) is 11.0 Å². The minimum atomic E-state index is -1.76. The second-order valence-corrected chi connectivity index (χ2v) is 26.2. The van der Waals surface area contributed by atoms with Crippen LogP contribution >= 0.6 is 0 Å². The predicted octanol–water partition coefficient (Wildman–Crippen LogP) is 5.44. The molecular formula is C63H110N12O16. The van der Waals surface area contributed by atoms with Gasteiger partial charge in [0.25, 0.3) is 0 Å². The Balaban J connectivity index is 7.02. The van der Waals surface area contributed by atoms with Gasteiger partial charge in [-0.15, -0.1) is 0 Å². The summed E-state index contributed by atoms with van der Waals surface area (Å²) in [6, 6.07) is -10.8. The van der Waals surface area contributed by atoms with Gasteiger partial charge in [-0.2, -0.15) is 0 Å². The minimum Gasteiger partial charge on any atom is -0.460 e. The van der Waals surface area contributed by atoms with E-state index < -0.39 is 181 Å². The zero-order chi connectivity index (χ0) is 69.7. The van der Waals surface area contributed by atoms with E-state index in [1.165, 1.54) is 20.8 Å². The summed E-state index contributed by atoms with van der Waals surface area (Å²) in [6.45, 7) is 25.1. The summed E-state index contributed by atoms with van der Waals surface area (Å²) in [5.41, 5.74) is 5.73. The van der Waals surface area contributed by atoms with Crippen molar-refractivity contribution in [2.75, 3.05) is 13.1 Å². The molecule has 0 unspecified atom stereocenters. The highest BCUT2D eigenvalue weighted by molar-refractivity contribution is 5.99. The van der Waals surface area contributed by atoms with Crippen LogP contribution in [0.3, 0.4) is 0 Å². The number of Topliss-reactive ketones (excluding diaryl/α,β-unsaturated/α-hetero) is 1. The quantitative estimate of drug-likeness (QED) is 0.00915. The first-order chi connectivity index (χ1) is 42.4. The molecule has 0 fully saturated rings. The van der Waals surface area contributed by atoms with Crippen LogP contribution < -0.4 is 47.9 Å². The third-order valence-corrected chi connectivity index (χ3v) is 13.6. The number of ketones is 1. The summed E-state index contributed by atoms with van der Waals surface area (Å²) < 4.78 is 16.2. The maximum Gasteiger partial charge on any atom is 0.308 e. The molecule has 0 radical (unpaired) electrons. The van der Waals surface area contributed by atoms with Gasteiger partial charge in [0.15, 0.2) is 5.78 Å². The van der Waals surface area contributed by atoms with E-state index in [-0.39, 0.29) is 25.0 Å². The number of esters is 3. The first kappa shape index (κ1) is 83.6. The number of azide groups is 1. The average molecular weight is 1290 g/mol. The smallest absolute Gasteiger partial charge is 0.308 e. The fourth-order valence-electron chi connectivity index (χ4n) is 9.03. The first-order valence-electron chi connectivity index (χ1n) is 32.3. The topological polar surface area (TPSA) is 407 Å². The van der Waals surface area contributed by atoms with Crippen molar-refractivity contribution in [3.8, 4) is 0 Å². The number of hydrogen-bond donors (Lipinski definition) is 9. The van der Waals surface area contributed by atoms with E-state index >= 15 is 0 Å². The number of carbonyl (C=O) groups excluding carboxylic acids is 13. The molecule has 0 aliphatic heterocycles. The van der Waals surface area contributed by atoms with Gasteiger partial charge in [-0.05, 0) is 113 Å². The molecule has 0 spiro atoms. The summed E-state index contributed by atoms with van der Waals surface area (Å²) in [5, 5.41) is 26.4. The van der Waals surface area contributed by atoms with Gasteiger partial charge in [0, 0.05) is 11.3 Å². The van der Waals surface area contributed by atoms with Gasteiger partial charge in [0.1, 0.15) is 65.6 Å². The summed E-state index contributed by atoms with van der Waals surface area (Å²) in [6.07, 6.45) is 7.33. The lowest BCUT2D eigenvalue weighted by Crippen LogP contribution is -2.60. The van der Waals surface area contributed by atoms with Crippen LogP contribution in [0.2, 0.25) is 0 Å². The summed E-state index contributed by atoms with van der Waals surface area (Å²) in [7, 11) is 0. The molecule has 9 amide bonds. The van der Waals surface area contributed by atoms with Crippen molar-refractivity contribution in [3.63, 3.8) is 0 Å². The third kappa shape index (κ3) is 38.8. The fourth-order valence-corrected chi connectivity index (χ4v) is 9.03. The second-order valence-electron chi connectivity index (χ2n) is 26.2. The normalized spacial score (nSPS) is 14.1. The van der Waals surface area contributed by atoms with E-state index in [1.54, 1.807) is 62.3 Å². The maximum atomic E-state index is 14.3. The van der Waals surface area contributed by atoms with Crippen molar-refractivity contribution in [1.29, 1.82) is 0 Å². The van der Waals surface area contributed by atoms with Crippen molar-refractivity contribution in [1.82, 2.24) is 47.9 Å². The molecule has 518 valence electrons. The molecule has 0 heterocycles. The van der Waals surface area contributed by atoms with Crippen molar-refractivity contribution >= 4 is 76.9 Å². The van der Waals surface area contributed by atoms with Gasteiger partial charge in [-0.3, -0.25) is 62.3 Å². The standard InChI is InChI=1S/C63H110N12O16/c1-17-21-25-29-41(40(7)76)69-56(84)43(31-27-23-19-3)71-57(85)44(32-28-24-20-4)70-55(83)42(30-26-22-18-2)67-48(77)37-65-54(82)46(35-51(80)90-62(11,12)13)73-60(88)53(39(5)6)74-58(86)45(33-34-50(79)89-61(8,9)10)72-59(87)47(68-49(78)38-66-75-64)36-52(81)91-63(14,15)16/h39,41-47,53H,17-38H2,1-16H3,(H,65,82)(H,67,77)(H,68,78)(H,69,84)(H,70,83)(H,71,85)(H,72,87)(H,73,88)(H,74,86)/t41-,42-,43-,44-,45-,46-,47-,53-/m0/s1. The Hall–Kier alpha value is -7.38. The highest BCUT2D eigenvalue weighted by atomic mass is 16.6. The average Bonchev–Trinajstić information content (AvgIpc) is 2.19. The van der Waals surface area contributed by atoms with Gasteiger partial charge in [0.05, 0.1) is 25.4 Å². The predicted molar refractivity (Wildman–Crippen MR) is 341 cm³/mol. The molecule has 0 aromatic heterocycles. The first-order valence-corrected chi connectivity index (χ1v) is 32.3. The SMILES string of the molecule is CCCCC[C@H](NC(=O)[C@H](CCCCC)NC(=O)[C@H](CCCCC)NC(=O)[C@H](CCCCC)NC(=O)CNC(=O)[C@H](CC(=O)OC(C)(C)C)NC(=O)[C@@H](NC(=O)[C@H](CCC(=O)OC(C)(C)C)NC(=O)[C@H](CC(=O)OC(C)(C)C)NC(=O)CN=[N+]=[N-])C(C)C)C(C)=O. The molecule has 0 saturated carbocycles. The highest BCUT2D eigenvalue weighted by Gasteiger charge is 2.37. The van der Waals surface area contributed by atoms with Crippen LogP contribution in [0.25, 0.3) is 10.4 Å². The van der Waals surface area contributed by atoms with Crippen LogP contribution in [0.5, 0.6) is 0 Å². The monoisotopic (exact) mass is 1290 g/mol. The molecule has 0 aromatic rings. The molecule has 0 saturated heterocycles. The van der Waals surface area contributed by atoms with Gasteiger partial charge >= 0.3 is 17.9 Å². The van der Waals surface area contributed by atoms with E-state index in [0.29, 0.717) is 32.1 Å².